The second kappa shape index (κ2) is 27.2. The van der Waals surface area contributed by atoms with E-state index in [2.05, 4.69) is 13.8 Å². The summed E-state index contributed by atoms with van der Waals surface area (Å²) in [5, 5.41) is 0. The van der Waals surface area contributed by atoms with Crippen molar-refractivity contribution in [1.29, 1.82) is 0 Å². The molecule has 0 spiro atoms. The predicted octanol–water partition coefficient (Wildman–Crippen LogP) is 5.79. The molecule has 0 aliphatic carbocycles. The Morgan fingerprint density at radius 3 is 0.967 bits per heavy atom. The Morgan fingerprint density at radius 2 is 0.700 bits per heavy atom. The van der Waals surface area contributed by atoms with Crippen molar-refractivity contribution in [1.82, 2.24) is 0 Å². The van der Waals surface area contributed by atoms with Gasteiger partial charge in [-0.25, -0.2) is 0 Å². The van der Waals surface area contributed by atoms with Crippen LogP contribution < -0.4 is 29.6 Å². The van der Waals surface area contributed by atoms with E-state index in [1.54, 1.807) is 0 Å². The summed E-state index contributed by atoms with van der Waals surface area (Å²) < 4.78 is 4.94. The Kier molecular flexibility index (Phi) is 29.3. The summed E-state index contributed by atoms with van der Waals surface area (Å²) in [5.41, 5.74) is 0. The van der Waals surface area contributed by atoms with Crippen LogP contribution in [-0.2, 0) is 14.3 Å². The van der Waals surface area contributed by atoms with E-state index < -0.39 is 0 Å². The molecular formula is C26H51NaO3. The quantitative estimate of drug-likeness (QED) is 0.0937. The van der Waals surface area contributed by atoms with E-state index in [4.69, 9.17) is 4.74 Å². The molecule has 0 saturated carbocycles. The summed E-state index contributed by atoms with van der Waals surface area (Å²) in [4.78, 5) is 23.4. The first kappa shape index (κ1) is 32.3. The molecule has 0 amide bonds. The summed E-state index contributed by atoms with van der Waals surface area (Å²) in [6.07, 6.45) is 25.6. The number of hydrogen-bond acceptors (Lipinski definition) is 3. The standard InChI is InChI=1S/C26H50O3.Na.H/c1-3-5-7-9-11-13-14-16-18-20-22-24-26(28)29-25(27)23-21-19-17-15-12-10-8-6-4-2;;/h3-24H2,1-2H3;;/q;+1;-1. The van der Waals surface area contributed by atoms with E-state index >= 15 is 0 Å². The zero-order valence-electron chi connectivity index (χ0n) is 21.8. The van der Waals surface area contributed by atoms with Gasteiger partial charge < -0.3 is 6.16 Å². The minimum absolute atomic E-state index is 0. The van der Waals surface area contributed by atoms with Crippen molar-refractivity contribution in [3.05, 3.63) is 0 Å². The number of carbonyl (C=O) groups excluding carboxylic acids is 2. The van der Waals surface area contributed by atoms with Crippen LogP contribution >= 0.6 is 0 Å². The van der Waals surface area contributed by atoms with Gasteiger partial charge in [0.1, 0.15) is 0 Å². The Morgan fingerprint density at radius 1 is 0.467 bits per heavy atom. The largest absolute Gasteiger partial charge is 1.00 e. The number of hydrogen-bond donors (Lipinski definition) is 0. The fraction of sp³-hybridized carbons (Fsp3) is 0.923. The Balaban J connectivity index is -0.00000392. The summed E-state index contributed by atoms with van der Waals surface area (Å²) >= 11 is 0. The maximum Gasteiger partial charge on any atom is 1.00 e. The summed E-state index contributed by atoms with van der Waals surface area (Å²) in [7, 11) is 0. The van der Waals surface area contributed by atoms with Crippen molar-refractivity contribution >= 4 is 11.9 Å². The van der Waals surface area contributed by atoms with E-state index in [9.17, 15) is 9.59 Å². The topological polar surface area (TPSA) is 43.4 Å². The van der Waals surface area contributed by atoms with Gasteiger partial charge in [-0.05, 0) is 12.8 Å². The minimum atomic E-state index is -0.332. The number of carbonyl (C=O) groups is 2. The van der Waals surface area contributed by atoms with Gasteiger partial charge in [-0.15, -0.1) is 0 Å². The van der Waals surface area contributed by atoms with Gasteiger partial charge in [0.15, 0.2) is 0 Å². The number of esters is 2. The van der Waals surface area contributed by atoms with Gasteiger partial charge in [-0.3, -0.25) is 9.59 Å². The number of rotatable bonds is 22. The van der Waals surface area contributed by atoms with Gasteiger partial charge in [-0.2, -0.15) is 0 Å². The van der Waals surface area contributed by atoms with Crippen molar-refractivity contribution in [2.45, 2.75) is 155 Å². The second-order valence-corrected chi connectivity index (χ2v) is 8.71. The molecule has 0 bridgehead atoms. The minimum Gasteiger partial charge on any atom is -1.00 e. The second-order valence-electron chi connectivity index (χ2n) is 8.71. The summed E-state index contributed by atoms with van der Waals surface area (Å²) in [5.74, 6) is -0.664. The SMILES string of the molecule is CCCCCCCCCCCCCC(=O)OC(=O)CCCCCCCCCCC.[H-].[Na+]. The molecule has 0 unspecified atom stereocenters. The molecule has 4 heteroatoms. The van der Waals surface area contributed by atoms with E-state index in [0.717, 1.165) is 25.7 Å². The fourth-order valence-corrected chi connectivity index (χ4v) is 3.74. The van der Waals surface area contributed by atoms with Crippen molar-refractivity contribution < 1.29 is 45.3 Å². The van der Waals surface area contributed by atoms with Gasteiger partial charge in [0, 0.05) is 12.8 Å². The third kappa shape index (κ3) is 26.2. The van der Waals surface area contributed by atoms with Crippen molar-refractivity contribution in [2.75, 3.05) is 0 Å². The molecule has 0 aliphatic heterocycles. The average molecular weight is 435 g/mol. The smallest absolute Gasteiger partial charge is 1.00 e. The van der Waals surface area contributed by atoms with Gasteiger partial charge in [0.25, 0.3) is 0 Å². The third-order valence-electron chi connectivity index (χ3n) is 5.70. The number of ether oxygens (including phenoxy) is 1. The monoisotopic (exact) mass is 434 g/mol. The molecular weight excluding hydrogens is 383 g/mol. The van der Waals surface area contributed by atoms with Crippen LogP contribution in [0.4, 0.5) is 0 Å². The molecule has 0 aromatic carbocycles. The Labute approximate surface area is 211 Å². The van der Waals surface area contributed by atoms with Crippen molar-refractivity contribution in [3.63, 3.8) is 0 Å². The molecule has 0 saturated heterocycles. The first-order valence-corrected chi connectivity index (χ1v) is 12.9. The van der Waals surface area contributed by atoms with Gasteiger partial charge in [-0.1, -0.05) is 129 Å². The van der Waals surface area contributed by atoms with E-state index in [0.29, 0.717) is 12.8 Å². The third-order valence-corrected chi connectivity index (χ3v) is 5.70. The van der Waals surface area contributed by atoms with Crippen LogP contribution in [0.1, 0.15) is 157 Å². The zero-order chi connectivity index (χ0) is 21.4. The number of unbranched alkanes of at least 4 members (excludes halogenated alkanes) is 18. The molecule has 174 valence electrons. The molecule has 3 nitrogen and oxygen atoms in total. The molecule has 30 heavy (non-hydrogen) atoms. The molecule has 0 N–H and O–H groups in total. The maximum absolute atomic E-state index is 11.7. The molecule has 0 aliphatic rings. The Bertz CT molecular complexity index is 378. The zero-order valence-corrected chi connectivity index (χ0v) is 22.8. The van der Waals surface area contributed by atoms with Crippen LogP contribution in [-0.4, -0.2) is 11.9 Å². The van der Waals surface area contributed by atoms with Crippen molar-refractivity contribution in [3.8, 4) is 0 Å². The predicted molar refractivity (Wildman–Crippen MR) is 125 cm³/mol. The van der Waals surface area contributed by atoms with Crippen LogP contribution in [0.25, 0.3) is 0 Å². The van der Waals surface area contributed by atoms with Gasteiger partial charge in [0.05, 0.1) is 0 Å². The van der Waals surface area contributed by atoms with E-state index in [1.807, 2.05) is 0 Å². The fourth-order valence-electron chi connectivity index (χ4n) is 3.74. The van der Waals surface area contributed by atoms with Crippen LogP contribution in [0, 0.1) is 0 Å². The van der Waals surface area contributed by atoms with Gasteiger partial charge >= 0.3 is 41.5 Å². The molecule has 0 atom stereocenters. The summed E-state index contributed by atoms with van der Waals surface area (Å²) in [6, 6.07) is 0. The normalized spacial score (nSPS) is 10.6. The van der Waals surface area contributed by atoms with Crippen LogP contribution in [0.15, 0.2) is 0 Å². The van der Waals surface area contributed by atoms with Crippen LogP contribution in [0.2, 0.25) is 0 Å². The molecule has 0 aromatic heterocycles. The first-order valence-electron chi connectivity index (χ1n) is 12.9. The first-order chi connectivity index (χ1) is 14.2. The van der Waals surface area contributed by atoms with Crippen LogP contribution in [0.5, 0.6) is 0 Å². The maximum atomic E-state index is 11.7. The molecule has 0 rings (SSSR count). The van der Waals surface area contributed by atoms with Crippen LogP contribution in [0.3, 0.4) is 0 Å². The van der Waals surface area contributed by atoms with E-state index in [-0.39, 0.29) is 42.9 Å². The molecule has 0 fully saturated rings. The molecule has 0 radical (unpaired) electrons. The van der Waals surface area contributed by atoms with E-state index in [1.165, 1.54) is 103 Å². The molecule has 0 aromatic rings. The summed E-state index contributed by atoms with van der Waals surface area (Å²) in [6.45, 7) is 4.49. The molecule has 0 heterocycles. The van der Waals surface area contributed by atoms with Gasteiger partial charge in [0.2, 0.25) is 0 Å². The Hall–Kier alpha value is 0.140. The van der Waals surface area contributed by atoms with Crippen molar-refractivity contribution in [2.24, 2.45) is 0 Å². The average Bonchev–Trinajstić information content (AvgIpc) is 2.70.